The molecule has 0 spiro atoms. The topological polar surface area (TPSA) is 72.0 Å². The number of rotatable bonds is 2. The van der Waals surface area contributed by atoms with Gasteiger partial charge in [0, 0.05) is 0 Å². The van der Waals surface area contributed by atoms with Crippen molar-refractivity contribution in [3.05, 3.63) is 27.7 Å². The lowest BCUT2D eigenvalue weighted by Gasteiger charge is -2.05. The van der Waals surface area contributed by atoms with Crippen molar-refractivity contribution in [2.45, 2.75) is 0 Å². The van der Waals surface area contributed by atoms with E-state index < -0.39 is 27.4 Å². The zero-order chi connectivity index (χ0) is 13.0. The molecule has 0 aliphatic rings. The van der Waals surface area contributed by atoms with Crippen LogP contribution < -0.4 is 5.43 Å². The largest absolute Gasteiger partial charge is 0.273 e. The average Bonchev–Trinajstić information content (AvgIpc) is 2.33. The van der Waals surface area contributed by atoms with Crippen molar-refractivity contribution < 1.29 is 8.78 Å². The number of nitrogens with zero attached hydrogens (tertiary/aromatic N) is 3. The third-order valence-corrected chi connectivity index (χ3v) is 2.21. The summed E-state index contributed by atoms with van der Waals surface area (Å²) in [6, 6.07) is 3.79. The van der Waals surface area contributed by atoms with E-state index >= 15 is 0 Å². The summed E-state index contributed by atoms with van der Waals surface area (Å²) in [7, 11) is 0. The van der Waals surface area contributed by atoms with Gasteiger partial charge in [-0.05, 0) is 6.07 Å². The van der Waals surface area contributed by atoms with E-state index in [1.165, 1.54) is 12.1 Å². The third-order valence-electron chi connectivity index (χ3n) is 1.60. The van der Waals surface area contributed by atoms with E-state index in [0.717, 1.165) is 6.07 Å². The van der Waals surface area contributed by atoms with E-state index in [1.54, 1.807) is 0 Å². The second-order valence-electron chi connectivity index (χ2n) is 2.64. The lowest BCUT2D eigenvalue weighted by molar-refractivity contribution is 0.586. The molecule has 0 amide bonds. The maximum Gasteiger partial charge on any atom is 0.237 e. The minimum atomic E-state index is -1.12. The molecule has 0 fully saturated rings. The molecule has 0 saturated heterocycles. The highest BCUT2D eigenvalue weighted by molar-refractivity contribution is 6.35. The standard InChI is InChI=1S/C9H2Cl2F2N4/c10-5-1-6(9(13)7(11)8(5)12)17-16-4(2-14)3-15/h1,17H. The van der Waals surface area contributed by atoms with Crippen LogP contribution in [0.4, 0.5) is 14.5 Å². The third kappa shape index (κ3) is 2.82. The Bertz CT molecular complexity index is 556. The Balaban J connectivity index is 3.15. The second-order valence-corrected chi connectivity index (χ2v) is 3.43. The smallest absolute Gasteiger partial charge is 0.237 e. The Kier molecular flexibility index (Phi) is 4.22. The first-order valence-electron chi connectivity index (χ1n) is 3.98. The normalized spacial score (nSPS) is 9.06. The zero-order valence-electron chi connectivity index (χ0n) is 7.93. The summed E-state index contributed by atoms with van der Waals surface area (Å²) >= 11 is 10.7. The lowest BCUT2D eigenvalue weighted by Crippen LogP contribution is -2.00. The van der Waals surface area contributed by atoms with Crippen LogP contribution in [-0.2, 0) is 0 Å². The van der Waals surface area contributed by atoms with Gasteiger partial charge in [-0.3, -0.25) is 5.43 Å². The van der Waals surface area contributed by atoms with E-state index in [2.05, 4.69) is 10.5 Å². The molecule has 0 bridgehead atoms. The molecule has 0 aliphatic heterocycles. The summed E-state index contributed by atoms with van der Waals surface area (Å²) in [5, 5.41) is 18.8. The molecule has 4 nitrogen and oxygen atoms in total. The summed E-state index contributed by atoms with van der Waals surface area (Å²) in [5.74, 6) is -2.21. The molecule has 0 aliphatic carbocycles. The van der Waals surface area contributed by atoms with E-state index in [0.29, 0.717) is 0 Å². The molecule has 0 unspecified atom stereocenters. The van der Waals surface area contributed by atoms with Crippen LogP contribution in [0, 0.1) is 34.3 Å². The lowest BCUT2D eigenvalue weighted by atomic mass is 10.3. The summed E-state index contributed by atoms with van der Waals surface area (Å²) in [5.41, 5.74) is 1.19. The van der Waals surface area contributed by atoms with Crippen LogP contribution in [-0.4, -0.2) is 5.71 Å². The molecular formula is C9H2Cl2F2N4. The summed E-state index contributed by atoms with van der Waals surface area (Å²) in [6.45, 7) is 0. The highest BCUT2D eigenvalue weighted by Gasteiger charge is 2.15. The van der Waals surface area contributed by atoms with Gasteiger partial charge in [-0.25, -0.2) is 8.78 Å². The van der Waals surface area contributed by atoms with Gasteiger partial charge >= 0.3 is 0 Å². The Hall–Kier alpha value is -1.89. The van der Waals surface area contributed by atoms with Gasteiger partial charge in [-0.1, -0.05) is 23.2 Å². The second kappa shape index (κ2) is 5.44. The van der Waals surface area contributed by atoms with E-state index in [-0.39, 0.29) is 5.69 Å². The van der Waals surface area contributed by atoms with Crippen molar-refractivity contribution >= 4 is 34.6 Å². The minimum absolute atomic E-state index is 0.343. The van der Waals surface area contributed by atoms with Crippen molar-refractivity contribution in [3.63, 3.8) is 0 Å². The summed E-state index contributed by atoms with van der Waals surface area (Å²) < 4.78 is 26.4. The van der Waals surface area contributed by atoms with Crippen LogP contribution in [0.1, 0.15) is 0 Å². The van der Waals surface area contributed by atoms with Gasteiger partial charge in [0.25, 0.3) is 0 Å². The van der Waals surface area contributed by atoms with Gasteiger partial charge in [0.1, 0.15) is 17.2 Å². The molecule has 17 heavy (non-hydrogen) atoms. The molecule has 0 atom stereocenters. The highest BCUT2D eigenvalue weighted by Crippen LogP contribution is 2.31. The van der Waals surface area contributed by atoms with Crippen molar-refractivity contribution in [2.75, 3.05) is 5.43 Å². The number of hydrazone groups is 1. The van der Waals surface area contributed by atoms with Crippen LogP contribution in [0.3, 0.4) is 0 Å². The van der Waals surface area contributed by atoms with Gasteiger partial charge in [0.15, 0.2) is 11.6 Å². The van der Waals surface area contributed by atoms with Crippen molar-refractivity contribution in [1.29, 1.82) is 10.5 Å². The molecule has 86 valence electrons. The van der Waals surface area contributed by atoms with Crippen LogP contribution in [0.2, 0.25) is 10.0 Å². The Morgan fingerprint density at radius 2 is 1.82 bits per heavy atom. The fourth-order valence-electron chi connectivity index (χ4n) is 0.845. The zero-order valence-corrected chi connectivity index (χ0v) is 9.44. The number of hydrogen-bond acceptors (Lipinski definition) is 4. The molecule has 1 N–H and O–H groups in total. The van der Waals surface area contributed by atoms with Gasteiger partial charge in [0.05, 0.1) is 10.7 Å². The fraction of sp³-hybridized carbons (Fsp3) is 0. The van der Waals surface area contributed by atoms with Gasteiger partial charge in [-0.15, -0.1) is 0 Å². The molecule has 0 aromatic heterocycles. The maximum atomic E-state index is 13.4. The van der Waals surface area contributed by atoms with Crippen LogP contribution in [0.5, 0.6) is 0 Å². The van der Waals surface area contributed by atoms with E-state index in [4.69, 9.17) is 33.7 Å². The van der Waals surface area contributed by atoms with Crippen LogP contribution in [0.15, 0.2) is 11.2 Å². The Labute approximate surface area is 105 Å². The first-order valence-corrected chi connectivity index (χ1v) is 4.73. The predicted octanol–water partition coefficient (Wildman–Crippen LogP) is 3.09. The molecule has 0 radical (unpaired) electrons. The number of hydrogen-bond donors (Lipinski definition) is 1. The average molecular weight is 275 g/mol. The quantitative estimate of drug-likeness (QED) is 0.390. The monoisotopic (exact) mass is 274 g/mol. The number of benzene rings is 1. The van der Waals surface area contributed by atoms with Crippen molar-refractivity contribution in [1.82, 2.24) is 0 Å². The van der Waals surface area contributed by atoms with E-state index in [9.17, 15) is 8.78 Å². The number of anilines is 1. The Morgan fingerprint density at radius 1 is 1.24 bits per heavy atom. The van der Waals surface area contributed by atoms with Gasteiger partial charge < -0.3 is 0 Å². The van der Waals surface area contributed by atoms with E-state index in [1.807, 2.05) is 0 Å². The van der Waals surface area contributed by atoms with Crippen molar-refractivity contribution in [3.8, 4) is 12.1 Å². The maximum absolute atomic E-state index is 13.4. The van der Waals surface area contributed by atoms with Crippen LogP contribution in [0.25, 0.3) is 0 Å². The summed E-state index contributed by atoms with van der Waals surface area (Å²) in [6.07, 6.45) is 0. The Morgan fingerprint density at radius 3 is 2.35 bits per heavy atom. The van der Waals surface area contributed by atoms with Crippen LogP contribution >= 0.6 is 23.2 Å². The number of nitrogens with one attached hydrogen (secondary N) is 1. The molecule has 8 heteroatoms. The van der Waals surface area contributed by atoms with Gasteiger partial charge in [0.2, 0.25) is 5.71 Å². The summed E-state index contributed by atoms with van der Waals surface area (Å²) in [4.78, 5) is 0. The van der Waals surface area contributed by atoms with Gasteiger partial charge in [-0.2, -0.15) is 15.6 Å². The molecule has 1 rings (SSSR count). The fourth-order valence-corrected chi connectivity index (χ4v) is 1.30. The molecule has 1 aromatic carbocycles. The highest BCUT2D eigenvalue weighted by atomic mass is 35.5. The SMILES string of the molecule is N#CC(C#N)=NNc1cc(Cl)c(F)c(Cl)c1F. The minimum Gasteiger partial charge on any atom is -0.273 e. The predicted molar refractivity (Wildman–Crippen MR) is 58.7 cm³/mol. The molecule has 0 heterocycles. The molecule has 0 saturated carbocycles. The first kappa shape index (κ1) is 13.2. The number of halogens is 4. The van der Waals surface area contributed by atoms with Crippen molar-refractivity contribution in [2.24, 2.45) is 5.10 Å². The molecular weight excluding hydrogens is 273 g/mol. The number of nitriles is 2. The molecule has 1 aromatic rings. The first-order chi connectivity index (χ1) is 8.01.